The average molecular weight is 253 g/mol. The van der Waals surface area contributed by atoms with Crippen molar-refractivity contribution in [2.45, 2.75) is 50.5 Å². The summed E-state index contributed by atoms with van der Waals surface area (Å²) in [6, 6.07) is -0.487. The van der Waals surface area contributed by atoms with E-state index in [0.29, 0.717) is 12.8 Å². The molecule has 4 amide bonds. The number of carbonyl (C=O) groups excluding carboxylic acids is 3. The monoisotopic (exact) mass is 253 g/mol. The molecule has 100 valence electrons. The summed E-state index contributed by atoms with van der Waals surface area (Å²) in [6.45, 7) is -0.327. The van der Waals surface area contributed by atoms with Crippen LogP contribution in [-0.4, -0.2) is 34.8 Å². The smallest absolute Gasteiger partial charge is 0.325 e. The van der Waals surface area contributed by atoms with Crippen molar-refractivity contribution in [1.29, 1.82) is 0 Å². The lowest BCUT2D eigenvalue weighted by Crippen LogP contribution is -2.47. The van der Waals surface area contributed by atoms with E-state index in [1.807, 2.05) is 0 Å². The molecule has 1 aliphatic heterocycles. The van der Waals surface area contributed by atoms with Crippen LogP contribution in [0.3, 0.4) is 0 Å². The number of hydrogen-bond acceptors (Lipinski definition) is 3. The van der Waals surface area contributed by atoms with Gasteiger partial charge in [0.1, 0.15) is 12.1 Å². The molecule has 2 fully saturated rings. The SMILES string of the molecule is NC(=O)CN1C(=O)NC2(CCCCCCC2)C1=O. The first-order valence-electron chi connectivity index (χ1n) is 6.48. The van der Waals surface area contributed by atoms with Crippen molar-refractivity contribution in [2.24, 2.45) is 5.73 Å². The maximum atomic E-state index is 12.3. The standard InChI is InChI=1S/C12H19N3O3/c13-9(16)8-15-10(17)12(14-11(15)18)6-4-2-1-3-5-7-12/h1-8H2,(H2,13,16)(H,14,18). The van der Waals surface area contributed by atoms with E-state index in [-0.39, 0.29) is 12.5 Å². The third kappa shape index (κ3) is 2.32. The van der Waals surface area contributed by atoms with Gasteiger partial charge in [0.15, 0.2) is 0 Å². The molecule has 6 heteroatoms. The summed E-state index contributed by atoms with van der Waals surface area (Å²) < 4.78 is 0. The number of rotatable bonds is 2. The molecule has 2 aliphatic rings. The van der Waals surface area contributed by atoms with Crippen molar-refractivity contribution >= 4 is 17.8 Å². The van der Waals surface area contributed by atoms with Gasteiger partial charge in [-0.25, -0.2) is 4.79 Å². The fourth-order valence-electron chi connectivity index (χ4n) is 2.82. The highest BCUT2D eigenvalue weighted by molar-refractivity contribution is 6.08. The Morgan fingerprint density at radius 1 is 1.17 bits per heavy atom. The van der Waals surface area contributed by atoms with E-state index in [1.54, 1.807) is 0 Å². The Labute approximate surface area is 106 Å². The van der Waals surface area contributed by atoms with Gasteiger partial charge < -0.3 is 11.1 Å². The number of nitrogens with zero attached hydrogens (tertiary/aromatic N) is 1. The lowest BCUT2D eigenvalue weighted by molar-refractivity contribution is -0.134. The minimum absolute atomic E-state index is 0.284. The van der Waals surface area contributed by atoms with Gasteiger partial charge in [0.05, 0.1) is 0 Å². The third-order valence-electron chi connectivity index (χ3n) is 3.77. The number of primary amides is 1. The largest absolute Gasteiger partial charge is 0.368 e. The minimum Gasteiger partial charge on any atom is -0.368 e. The predicted molar refractivity (Wildman–Crippen MR) is 64.5 cm³/mol. The fourth-order valence-corrected chi connectivity index (χ4v) is 2.82. The number of nitrogens with two attached hydrogens (primary N) is 1. The third-order valence-corrected chi connectivity index (χ3v) is 3.77. The zero-order chi connectivity index (χ0) is 13.2. The van der Waals surface area contributed by atoms with Crippen LogP contribution < -0.4 is 11.1 Å². The lowest BCUT2D eigenvalue weighted by atomic mass is 9.84. The molecule has 1 aliphatic carbocycles. The summed E-state index contributed by atoms with van der Waals surface area (Å²) >= 11 is 0. The summed E-state index contributed by atoms with van der Waals surface area (Å²) in [5.74, 6) is -0.949. The van der Waals surface area contributed by atoms with Crippen molar-refractivity contribution in [3.63, 3.8) is 0 Å². The summed E-state index contributed by atoms with van der Waals surface area (Å²) in [6.07, 6.45) is 6.52. The van der Waals surface area contributed by atoms with Gasteiger partial charge >= 0.3 is 6.03 Å². The Morgan fingerprint density at radius 3 is 2.28 bits per heavy atom. The fraction of sp³-hybridized carbons (Fsp3) is 0.750. The van der Waals surface area contributed by atoms with Crippen LogP contribution in [-0.2, 0) is 9.59 Å². The molecule has 0 radical (unpaired) electrons. The molecular formula is C12H19N3O3. The molecule has 0 aromatic heterocycles. The first-order valence-corrected chi connectivity index (χ1v) is 6.48. The molecule has 0 unspecified atom stereocenters. The molecule has 0 aromatic carbocycles. The number of imide groups is 1. The Hall–Kier alpha value is -1.59. The average Bonchev–Trinajstić information content (AvgIpc) is 2.49. The van der Waals surface area contributed by atoms with Crippen LogP contribution in [0.5, 0.6) is 0 Å². The lowest BCUT2D eigenvalue weighted by Gasteiger charge is -2.28. The molecule has 0 aromatic rings. The van der Waals surface area contributed by atoms with Crippen LogP contribution in [0.1, 0.15) is 44.9 Å². The van der Waals surface area contributed by atoms with E-state index in [2.05, 4.69) is 5.32 Å². The van der Waals surface area contributed by atoms with Crippen LogP contribution in [0.15, 0.2) is 0 Å². The molecule has 2 rings (SSSR count). The Kier molecular flexibility index (Phi) is 3.54. The Bertz CT molecular complexity index is 373. The second-order valence-electron chi connectivity index (χ2n) is 5.14. The van der Waals surface area contributed by atoms with Crippen LogP contribution >= 0.6 is 0 Å². The quantitative estimate of drug-likeness (QED) is 0.702. The normalized spacial score (nSPS) is 23.7. The van der Waals surface area contributed by atoms with Gasteiger partial charge in [0, 0.05) is 0 Å². The summed E-state index contributed by atoms with van der Waals surface area (Å²) in [4.78, 5) is 35.9. The molecule has 1 saturated heterocycles. The molecule has 0 bridgehead atoms. The van der Waals surface area contributed by atoms with Gasteiger partial charge in [-0.1, -0.05) is 32.1 Å². The number of urea groups is 1. The number of hydrogen-bond donors (Lipinski definition) is 2. The van der Waals surface area contributed by atoms with E-state index in [9.17, 15) is 14.4 Å². The molecular weight excluding hydrogens is 234 g/mol. The molecule has 1 spiro atoms. The first kappa shape index (κ1) is 12.9. The maximum Gasteiger partial charge on any atom is 0.325 e. The van der Waals surface area contributed by atoms with Crippen LogP contribution in [0.4, 0.5) is 4.79 Å². The zero-order valence-electron chi connectivity index (χ0n) is 10.4. The number of nitrogens with one attached hydrogen (secondary N) is 1. The van der Waals surface area contributed by atoms with Gasteiger partial charge in [-0.05, 0) is 12.8 Å². The maximum absolute atomic E-state index is 12.3. The topological polar surface area (TPSA) is 92.5 Å². The van der Waals surface area contributed by atoms with E-state index in [4.69, 9.17) is 5.73 Å². The van der Waals surface area contributed by atoms with Crippen molar-refractivity contribution in [1.82, 2.24) is 10.2 Å². The summed E-state index contributed by atoms with van der Waals surface area (Å²) in [5, 5.41) is 2.77. The number of amides is 4. The van der Waals surface area contributed by atoms with Crippen molar-refractivity contribution in [2.75, 3.05) is 6.54 Å². The predicted octanol–water partition coefficient (Wildman–Crippen LogP) is 0.507. The molecule has 3 N–H and O–H groups in total. The highest BCUT2D eigenvalue weighted by Crippen LogP contribution is 2.31. The van der Waals surface area contributed by atoms with Gasteiger partial charge in [0.25, 0.3) is 5.91 Å². The summed E-state index contributed by atoms with van der Waals surface area (Å²) in [5.41, 5.74) is 4.27. The number of carbonyl (C=O) groups is 3. The molecule has 1 heterocycles. The van der Waals surface area contributed by atoms with Gasteiger partial charge in [0.2, 0.25) is 5.91 Å². The Morgan fingerprint density at radius 2 is 1.72 bits per heavy atom. The van der Waals surface area contributed by atoms with Crippen LogP contribution in [0, 0.1) is 0 Å². The van der Waals surface area contributed by atoms with Crippen molar-refractivity contribution in [3.8, 4) is 0 Å². The summed E-state index contributed by atoms with van der Waals surface area (Å²) in [7, 11) is 0. The van der Waals surface area contributed by atoms with Crippen molar-refractivity contribution in [3.05, 3.63) is 0 Å². The van der Waals surface area contributed by atoms with Crippen LogP contribution in [0.2, 0.25) is 0 Å². The second-order valence-corrected chi connectivity index (χ2v) is 5.14. The molecule has 6 nitrogen and oxygen atoms in total. The highest BCUT2D eigenvalue weighted by Gasteiger charge is 2.50. The molecule has 1 saturated carbocycles. The molecule has 18 heavy (non-hydrogen) atoms. The van der Waals surface area contributed by atoms with E-state index >= 15 is 0 Å². The van der Waals surface area contributed by atoms with Gasteiger partial charge in [-0.2, -0.15) is 0 Å². The van der Waals surface area contributed by atoms with Gasteiger partial charge in [-0.3, -0.25) is 14.5 Å². The van der Waals surface area contributed by atoms with E-state index < -0.39 is 17.5 Å². The van der Waals surface area contributed by atoms with Gasteiger partial charge in [-0.15, -0.1) is 0 Å². The molecule has 0 atom stereocenters. The Balaban J connectivity index is 2.15. The minimum atomic E-state index is -0.785. The van der Waals surface area contributed by atoms with E-state index in [0.717, 1.165) is 30.6 Å². The van der Waals surface area contributed by atoms with Crippen molar-refractivity contribution < 1.29 is 14.4 Å². The first-order chi connectivity index (χ1) is 8.55. The zero-order valence-corrected chi connectivity index (χ0v) is 10.4. The highest BCUT2D eigenvalue weighted by atomic mass is 16.2. The second kappa shape index (κ2) is 4.96. The van der Waals surface area contributed by atoms with E-state index in [1.165, 1.54) is 6.42 Å². The van der Waals surface area contributed by atoms with Crippen LogP contribution in [0.25, 0.3) is 0 Å².